The second-order valence-electron chi connectivity index (χ2n) is 6.73. The predicted octanol–water partition coefficient (Wildman–Crippen LogP) is 5.82. The van der Waals surface area contributed by atoms with Crippen LogP contribution in [0.1, 0.15) is 22.4 Å². The Morgan fingerprint density at radius 3 is 2.68 bits per heavy atom. The smallest absolute Gasteiger partial charge is 0.142 e. The lowest BCUT2D eigenvalue weighted by Gasteiger charge is -2.03. The van der Waals surface area contributed by atoms with E-state index in [4.69, 9.17) is 21.4 Å². The van der Waals surface area contributed by atoms with Crippen LogP contribution in [0.2, 0.25) is 5.02 Å². The van der Waals surface area contributed by atoms with Crippen LogP contribution in [0.5, 0.6) is 0 Å². The van der Waals surface area contributed by atoms with E-state index in [1.807, 2.05) is 66.1 Å². The van der Waals surface area contributed by atoms with Gasteiger partial charge < -0.3 is 4.84 Å². The fourth-order valence-electron chi connectivity index (χ4n) is 3.17. The molecule has 0 saturated carbocycles. The first-order chi connectivity index (χ1) is 13.6. The van der Waals surface area contributed by atoms with Gasteiger partial charge >= 0.3 is 0 Å². The number of oxime groups is 1. The third-order valence-electron chi connectivity index (χ3n) is 4.56. The van der Waals surface area contributed by atoms with Crippen LogP contribution < -0.4 is 0 Å². The van der Waals surface area contributed by atoms with Crippen molar-refractivity contribution in [2.45, 2.75) is 20.5 Å². The van der Waals surface area contributed by atoms with Crippen molar-refractivity contribution < 1.29 is 4.84 Å². The van der Waals surface area contributed by atoms with Crippen LogP contribution in [0.4, 0.5) is 0 Å². The number of imidazole rings is 1. The van der Waals surface area contributed by atoms with Gasteiger partial charge in [0.25, 0.3) is 0 Å². The lowest BCUT2D eigenvalue weighted by Crippen LogP contribution is -1.95. The number of fused-ring (bicyclic) bond motifs is 1. The van der Waals surface area contributed by atoms with Gasteiger partial charge in [-0.25, -0.2) is 4.98 Å². The van der Waals surface area contributed by atoms with E-state index in [0.29, 0.717) is 11.6 Å². The van der Waals surface area contributed by atoms with Gasteiger partial charge in [0, 0.05) is 16.8 Å². The zero-order chi connectivity index (χ0) is 19.5. The summed E-state index contributed by atoms with van der Waals surface area (Å²) in [7, 11) is 0. The molecule has 2 aromatic heterocycles. The molecule has 0 unspecified atom stereocenters. The minimum atomic E-state index is 0.421. The Balaban J connectivity index is 1.67. The fourth-order valence-corrected chi connectivity index (χ4v) is 3.29. The number of aryl methyl sites for hydroxylation is 2. The standard InChI is InChI=1S/C23H20ClN3O/c1-16-5-3-7-18(13-16)15-28-25-14-21-22(19-8-10-20(24)11-9-19)26-23-17(2)6-4-12-27(21)23/h3-14H,15H2,1-2H3/b25-14-. The van der Waals surface area contributed by atoms with E-state index in [2.05, 4.69) is 24.2 Å². The normalized spacial score (nSPS) is 11.4. The van der Waals surface area contributed by atoms with Crippen molar-refractivity contribution >= 4 is 23.5 Å². The van der Waals surface area contributed by atoms with Crippen molar-refractivity contribution in [1.82, 2.24) is 9.38 Å². The zero-order valence-electron chi connectivity index (χ0n) is 15.8. The maximum absolute atomic E-state index is 6.04. The minimum Gasteiger partial charge on any atom is -0.391 e. The summed E-state index contributed by atoms with van der Waals surface area (Å²) >= 11 is 6.04. The van der Waals surface area contributed by atoms with Crippen molar-refractivity contribution in [2.75, 3.05) is 0 Å². The largest absolute Gasteiger partial charge is 0.391 e. The minimum absolute atomic E-state index is 0.421. The molecule has 4 nitrogen and oxygen atoms in total. The van der Waals surface area contributed by atoms with E-state index < -0.39 is 0 Å². The van der Waals surface area contributed by atoms with Crippen molar-refractivity contribution in [3.8, 4) is 11.3 Å². The van der Waals surface area contributed by atoms with E-state index in [9.17, 15) is 0 Å². The molecular weight excluding hydrogens is 370 g/mol. The van der Waals surface area contributed by atoms with Gasteiger partial charge in [0.15, 0.2) is 0 Å². The molecule has 0 aliphatic heterocycles. The van der Waals surface area contributed by atoms with E-state index >= 15 is 0 Å². The van der Waals surface area contributed by atoms with Gasteiger partial charge in [-0.15, -0.1) is 0 Å². The first-order valence-electron chi connectivity index (χ1n) is 9.06. The van der Waals surface area contributed by atoms with Gasteiger partial charge in [0.2, 0.25) is 0 Å². The molecule has 0 saturated heterocycles. The molecule has 140 valence electrons. The SMILES string of the molecule is Cc1cccc(CO/N=C\c2c(-c3ccc(Cl)cc3)nc3c(C)cccn23)c1. The highest BCUT2D eigenvalue weighted by Gasteiger charge is 2.14. The first kappa shape index (κ1) is 18.3. The highest BCUT2D eigenvalue weighted by Crippen LogP contribution is 2.26. The third-order valence-corrected chi connectivity index (χ3v) is 4.81. The van der Waals surface area contributed by atoms with Gasteiger partial charge in [0.05, 0.1) is 17.6 Å². The molecule has 0 bridgehead atoms. The van der Waals surface area contributed by atoms with E-state index in [0.717, 1.165) is 33.7 Å². The Bertz CT molecular complexity index is 1150. The molecular formula is C23H20ClN3O. The number of rotatable bonds is 5. The summed E-state index contributed by atoms with van der Waals surface area (Å²) in [6, 6.07) is 19.9. The Morgan fingerprint density at radius 1 is 1.07 bits per heavy atom. The monoisotopic (exact) mass is 389 g/mol. The predicted molar refractivity (Wildman–Crippen MR) is 114 cm³/mol. The lowest BCUT2D eigenvalue weighted by molar-refractivity contribution is 0.132. The summed E-state index contributed by atoms with van der Waals surface area (Å²) in [6.45, 7) is 4.53. The topological polar surface area (TPSA) is 38.9 Å². The highest BCUT2D eigenvalue weighted by atomic mass is 35.5. The summed E-state index contributed by atoms with van der Waals surface area (Å²) in [5, 5.41) is 4.91. The van der Waals surface area contributed by atoms with Gasteiger partial charge in [-0.1, -0.05) is 64.8 Å². The Morgan fingerprint density at radius 2 is 1.89 bits per heavy atom. The number of hydrogen-bond acceptors (Lipinski definition) is 3. The van der Waals surface area contributed by atoms with Crippen LogP contribution in [-0.4, -0.2) is 15.6 Å². The summed E-state index contributed by atoms with van der Waals surface area (Å²) in [5.74, 6) is 0. The Labute approximate surface area is 169 Å². The van der Waals surface area contributed by atoms with Crippen LogP contribution in [0.25, 0.3) is 16.9 Å². The third kappa shape index (κ3) is 3.78. The second-order valence-corrected chi connectivity index (χ2v) is 7.17. The number of halogens is 1. The number of nitrogens with zero attached hydrogens (tertiary/aromatic N) is 3. The summed E-state index contributed by atoms with van der Waals surface area (Å²) in [5.41, 5.74) is 6.97. The quantitative estimate of drug-likeness (QED) is 0.318. The molecule has 0 fully saturated rings. The molecule has 4 aromatic rings. The molecule has 0 radical (unpaired) electrons. The van der Waals surface area contributed by atoms with Crippen LogP contribution in [0, 0.1) is 13.8 Å². The molecule has 0 amide bonds. The average molecular weight is 390 g/mol. The van der Waals surface area contributed by atoms with Gasteiger partial charge in [0.1, 0.15) is 12.3 Å². The van der Waals surface area contributed by atoms with Crippen LogP contribution in [0.3, 0.4) is 0 Å². The summed E-state index contributed by atoms with van der Waals surface area (Å²) in [6.07, 6.45) is 3.70. The van der Waals surface area contributed by atoms with Crippen LogP contribution in [0.15, 0.2) is 72.0 Å². The van der Waals surface area contributed by atoms with Crippen molar-refractivity contribution in [3.63, 3.8) is 0 Å². The van der Waals surface area contributed by atoms with Crippen LogP contribution >= 0.6 is 11.6 Å². The molecule has 4 rings (SSSR count). The molecule has 0 spiro atoms. The van der Waals surface area contributed by atoms with E-state index in [-0.39, 0.29) is 0 Å². The molecule has 0 aliphatic carbocycles. The molecule has 2 heterocycles. The van der Waals surface area contributed by atoms with Gasteiger partial charge in [-0.2, -0.15) is 0 Å². The fraction of sp³-hybridized carbons (Fsp3) is 0.130. The maximum atomic E-state index is 6.04. The number of aromatic nitrogens is 2. The Hall–Kier alpha value is -3.11. The molecule has 0 N–H and O–H groups in total. The van der Waals surface area contributed by atoms with Gasteiger partial charge in [-0.3, -0.25) is 4.40 Å². The van der Waals surface area contributed by atoms with Crippen molar-refractivity contribution in [3.05, 3.63) is 94.3 Å². The van der Waals surface area contributed by atoms with E-state index in [1.165, 1.54) is 5.56 Å². The van der Waals surface area contributed by atoms with Crippen LogP contribution in [-0.2, 0) is 11.4 Å². The van der Waals surface area contributed by atoms with E-state index in [1.54, 1.807) is 6.21 Å². The zero-order valence-corrected chi connectivity index (χ0v) is 16.5. The molecule has 0 aliphatic rings. The first-order valence-corrected chi connectivity index (χ1v) is 9.44. The molecule has 2 aromatic carbocycles. The molecule has 28 heavy (non-hydrogen) atoms. The molecule has 5 heteroatoms. The number of benzene rings is 2. The van der Waals surface area contributed by atoms with Crippen molar-refractivity contribution in [2.24, 2.45) is 5.16 Å². The van der Waals surface area contributed by atoms with Gasteiger partial charge in [-0.05, 0) is 43.2 Å². The summed E-state index contributed by atoms with van der Waals surface area (Å²) < 4.78 is 2.03. The Kier molecular flexibility index (Phi) is 5.13. The van der Waals surface area contributed by atoms with Crippen molar-refractivity contribution in [1.29, 1.82) is 0 Å². The number of pyridine rings is 1. The maximum Gasteiger partial charge on any atom is 0.142 e. The lowest BCUT2D eigenvalue weighted by atomic mass is 10.1. The highest BCUT2D eigenvalue weighted by molar-refractivity contribution is 6.30. The average Bonchev–Trinajstić information content (AvgIpc) is 3.06. The summed E-state index contributed by atoms with van der Waals surface area (Å²) in [4.78, 5) is 10.4. The number of hydrogen-bond donors (Lipinski definition) is 0. The second kappa shape index (κ2) is 7.87. The molecule has 0 atom stereocenters.